The van der Waals surface area contributed by atoms with Crippen LogP contribution in [0.25, 0.3) is 0 Å². The molecule has 0 saturated heterocycles. The van der Waals surface area contributed by atoms with Crippen LogP contribution in [0.1, 0.15) is 10.4 Å². The van der Waals surface area contributed by atoms with Gasteiger partial charge in [0.15, 0.2) is 6.04 Å². The van der Waals surface area contributed by atoms with Crippen molar-refractivity contribution in [3.05, 3.63) is 27.5 Å². The van der Waals surface area contributed by atoms with Gasteiger partial charge >= 0.3 is 5.97 Å². The summed E-state index contributed by atoms with van der Waals surface area (Å²) in [4.78, 5) is 26.0. The molecule has 6 nitrogen and oxygen atoms in total. The van der Waals surface area contributed by atoms with E-state index in [1.54, 1.807) is 0 Å². The number of aliphatic hydroxyl groups is 1. The highest BCUT2D eigenvalue weighted by molar-refractivity contribution is 9.10. The Labute approximate surface area is 110 Å². The smallest absolute Gasteiger partial charge is 0.328 e. The van der Waals surface area contributed by atoms with Crippen molar-refractivity contribution in [3.63, 3.8) is 0 Å². The summed E-state index contributed by atoms with van der Waals surface area (Å²) in [5.41, 5.74) is 0.0285. The van der Waals surface area contributed by atoms with Gasteiger partial charge in [-0.25, -0.2) is 9.78 Å². The van der Waals surface area contributed by atoms with Crippen molar-refractivity contribution >= 4 is 39.4 Å². The molecule has 0 aliphatic carbocycles. The zero-order chi connectivity index (χ0) is 13.0. The summed E-state index contributed by atoms with van der Waals surface area (Å²) in [6, 6.07) is 0.0265. The van der Waals surface area contributed by atoms with E-state index >= 15 is 0 Å². The van der Waals surface area contributed by atoms with Crippen LogP contribution < -0.4 is 5.32 Å². The average molecular weight is 324 g/mol. The van der Waals surface area contributed by atoms with Crippen LogP contribution in [0.15, 0.2) is 16.7 Å². The minimum Gasteiger partial charge on any atom is -0.480 e. The molecule has 0 aromatic carbocycles. The molecule has 1 rings (SSSR count). The third-order valence-corrected chi connectivity index (χ3v) is 2.57. The number of aliphatic hydroxyl groups excluding tert-OH is 1. The maximum absolute atomic E-state index is 11.7. The molecule has 0 unspecified atom stereocenters. The standard InChI is InChI=1S/C9H8BrClN2O4/c10-4-1-5(7(11)12-2-4)8(15)13-6(3-14)9(16)17/h1-2,6,14H,3H2,(H,13,15)(H,16,17)/t6-/m1/s1. The number of nitrogens with one attached hydrogen (secondary N) is 1. The number of hydrogen-bond acceptors (Lipinski definition) is 4. The maximum Gasteiger partial charge on any atom is 0.328 e. The predicted octanol–water partition coefficient (Wildman–Crippen LogP) is 0.673. The van der Waals surface area contributed by atoms with Crippen LogP contribution in [0, 0.1) is 0 Å². The fraction of sp³-hybridized carbons (Fsp3) is 0.222. The van der Waals surface area contributed by atoms with Gasteiger partial charge in [-0.3, -0.25) is 4.79 Å². The molecule has 1 heterocycles. The van der Waals surface area contributed by atoms with Gasteiger partial charge in [-0.05, 0) is 22.0 Å². The highest BCUT2D eigenvalue weighted by Crippen LogP contribution is 2.17. The molecule has 0 aliphatic heterocycles. The van der Waals surface area contributed by atoms with Crippen LogP contribution in [-0.4, -0.2) is 39.7 Å². The van der Waals surface area contributed by atoms with Crippen molar-refractivity contribution in [1.29, 1.82) is 0 Å². The lowest BCUT2D eigenvalue weighted by Gasteiger charge is -2.12. The summed E-state index contributed by atoms with van der Waals surface area (Å²) in [6.07, 6.45) is 1.40. The monoisotopic (exact) mass is 322 g/mol. The second-order valence-electron chi connectivity index (χ2n) is 3.04. The molecule has 0 aliphatic rings. The van der Waals surface area contributed by atoms with Gasteiger partial charge in [-0.1, -0.05) is 11.6 Å². The summed E-state index contributed by atoms with van der Waals surface area (Å²) in [7, 11) is 0. The SMILES string of the molecule is O=C(N[C@H](CO)C(=O)O)c1cc(Br)cnc1Cl. The van der Waals surface area contributed by atoms with Gasteiger partial charge < -0.3 is 15.5 Å². The molecule has 0 bridgehead atoms. The van der Waals surface area contributed by atoms with Gasteiger partial charge in [0, 0.05) is 10.7 Å². The molecule has 0 radical (unpaired) electrons. The summed E-state index contributed by atoms with van der Waals surface area (Å²) in [6.45, 7) is -0.708. The fourth-order valence-corrected chi connectivity index (χ4v) is 1.52. The molecule has 17 heavy (non-hydrogen) atoms. The van der Waals surface area contributed by atoms with Crippen molar-refractivity contribution in [2.24, 2.45) is 0 Å². The minimum absolute atomic E-state index is 0.0285. The molecule has 1 aromatic rings. The van der Waals surface area contributed by atoms with Crippen molar-refractivity contribution in [2.45, 2.75) is 6.04 Å². The van der Waals surface area contributed by atoms with Crippen molar-refractivity contribution in [3.8, 4) is 0 Å². The molecule has 1 aromatic heterocycles. The Kier molecular flexibility index (Phi) is 4.86. The van der Waals surface area contributed by atoms with Gasteiger partial charge in [0.1, 0.15) is 5.15 Å². The predicted molar refractivity (Wildman–Crippen MR) is 62.9 cm³/mol. The van der Waals surface area contributed by atoms with Crippen LogP contribution in [0.5, 0.6) is 0 Å². The Morgan fingerprint density at radius 1 is 1.59 bits per heavy atom. The van der Waals surface area contributed by atoms with Gasteiger partial charge in [-0.2, -0.15) is 0 Å². The Bertz CT molecular complexity index is 455. The highest BCUT2D eigenvalue weighted by Gasteiger charge is 2.21. The first-order valence-electron chi connectivity index (χ1n) is 4.41. The molecule has 92 valence electrons. The molecule has 8 heteroatoms. The lowest BCUT2D eigenvalue weighted by Crippen LogP contribution is -2.43. The maximum atomic E-state index is 11.7. The summed E-state index contributed by atoms with van der Waals surface area (Å²) in [5.74, 6) is -2.05. The Morgan fingerprint density at radius 2 is 2.24 bits per heavy atom. The number of nitrogens with zero attached hydrogens (tertiary/aromatic N) is 1. The number of carbonyl (C=O) groups is 2. The number of rotatable bonds is 4. The van der Waals surface area contributed by atoms with E-state index in [1.807, 2.05) is 0 Å². The highest BCUT2D eigenvalue weighted by atomic mass is 79.9. The number of aromatic nitrogens is 1. The zero-order valence-electron chi connectivity index (χ0n) is 8.35. The van der Waals surface area contributed by atoms with Crippen LogP contribution in [0.3, 0.4) is 0 Å². The summed E-state index contributed by atoms with van der Waals surface area (Å²) < 4.78 is 0.530. The first kappa shape index (κ1) is 13.9. The second-order valence-corrected chi connectivity index (χ2v) is 4.31. The third-order valence-electron chi connectivity index (χ3n) is 1.84. The normalized spacial score (nSPS) is 11.9. The fourth-order valence-electron chi connectivity index (χ4n) is 1.00. The number of carboxylic acid groups (broad SMARTS) is 1. The van der Waals surface area contributed by atoms with Gasteiger partial charge in [0.25, 0.3) is 5.91 Å². The van der Waals surface area contributed by atoms with Crippen LogP contribution in [0.4, 0.5) is 0 Å². The zero-order valence-corrected chi connectivity index (χ0v) is 10.7. The first-order valence-corrected chi connectivity index (χ1v) is 5.58. The van der Waals surface area contributed by atoms with Crippen LogP contribution in [0.2, 0.25) is 5.15 Å². The van der Waals surface area contributed by atoms with Crippen LogP contribution in [-0.2, 0) is 4.79 Å². The summed E-state index contributed by atoms with van der Waals surface area (Å²) in [5, 5.41) is 19.5. The van der Waals surface area contributed by atoms with E-state index in [-0.39, 0.29) is 10.7 Å². The minimum atomic E-state index is -1.38. The van der Waals surface area contributed by atoms with Gasteiger partial charge in [0.05, 0.1) is 12.2 Å². The molecular weight excluding hydrogens is 315 g/mol. The Hall–Kier alpha value is -1.18. The molecule has 0 saturated carbocycles. The van der Waals surface area contributed by atoms with Crippen molar-refractivity contribution in [1.82, 2.24) is 10.3 Å². The van der Waals surface area contributed by atoms with Crippen LogP contribution >= 0.6 is 27.5 Å². The number of carboxylic acids is 1. The van der Waals surface area contributed by atoms with E-state index in [4.69, 9.17) is 21.8 Å². The number of amides is 1. The third kappa shape index (κ3) is 3.65. The number of pyridine rings is 1. The average Bonchev–Trinajstić information content (AvgIpc) is 2.28. The molecule has 0 spiro atoms. The van der Waals surface area contributed by atoms with E-state index < -0.39 is 24.5 Å². The Balaban J connectivity index is 2.89. The topological polar surface area (TPSA) is 99.5 Å². The molecule has 3 N–H and O–H groups in total. The van der Waals surface area contributed by atoms with E-state index in [1.165, 1.54) is 12.3 Å². The van der Waals surface area contributed by atoms with Gasteiger partial charge in [-0.15, -0.1) is 0 Å². The number of aliphatic carboxylic acids is 1. The quantitative estimate of drug-likeness (QED) is 0.707. The lowest BCUT2D eigenvalue weighted by atomic mass is 10.2. The molecular formula is C9H8BrClN2O4. The van der Waals surface area contributed by atoms with E-state index in [0.717, 1.165) is 0 Å². The van der Waals surface area contributed by atoms with E-state index in [0.29, 0.717) is 4.47 Å². The number of hydrogen-bond donors (Lipinski definition) is 3. The Morgan fingerprint density at radius 3 is 2.76 bits per heavy atom. The lowest BCUT2D eigenvalue weighted by molar-refractivity contribution is -0.140. The van der Waals surface area contributed by atoms with Crippen molar-refractivity contribution in [2.75, 3.05) is 6.61 Å². The van der Waals surface area contributed by atoms with Crippen molar-refractivity contribution < 1.29 is 19.8 Å². The van der Waals surface area contributed by atoms with E-state index in [9.17, 15) is 9.59 Å². The largest absolute Gasteiger partial charge is 0.480 e. The van der Waals surface area contributed by atoms with E-state index in [2.05, 4.69) is 26.2 Å². The molecule has 1 atom stereocenters. The molecule has 0 fully saturated rings. The molecule has 1 amide bonds. The first-order chi connectivity index (χ1) is 7.95. The summed E-state index contributed by atoms with van der Waals surface area (Å²) >= 11 is 8.80. The number of carbonyl (C=O) groups excluding carboxylic acids is 1. The second kappa shape index (κ2) is 5.95. The number of halogens is 2. The van der Waals surface area contributed by atoms with Gasteiger partial charge in [0.2, 0.25) is 0 Å².